The number of hydrogen-bond acceptors (Lipinski definition) is 2. The number of hydrogen-bond donors (Lipinski definition) is 0. The first-order chi connectivity index (χ1) is 3.95. The van der Waals surface area contributed by atoms with Gasteiger partial charge in [0.15, 0.2) is 0 Å². The van der Waals surface area contributed by atoms with E-state index in [2.05, 4.69) is 23.5 Å². The summed E-state index contributed by atoms with van der Waals surface area (Å²) < 4.78 is 2.34. The molecule has 2 atom stereocenters. The zero-order chi connectivity index (χ0) is 5.40. The molecule has 2 aliphatic rings. The van der Waals surface area contributed by atoms with Crippen molar-refractivity contribution >= 4 is 49.8 Å². The molecule has 2 rings (SSSR count). The topological polar surface area (TPSA) is 0 Å². The van der Waals surface area contributed by atoms with E-state index >= 15 is 0 Å². The summed E-state index contributed by atoms with van der Waals surface area (Å²) in [5.74, 6) is 3.00. The molecule has 2 fully saturated rings. The van der Waals surface area contributed by atoms with Crippen molar-refractivity contribution in [2.45, 2.75) is 8.30 Å². The van der Waals surface area contributed by atoms with Gasteiger partial charge in [-0.15, -0.1) is 0 Å². The van der Waals surface area contributed by atoms with Gasteiger partial charge in [-0.05, 0) is 0 Å². The van der Waals surface area contributed by atoms with Gasteiger partial charge in [0.25, 0.3) is 0 Å². The van der Waals surface area contributed by atoms with Crippen LogP contribution in [0.4, 0.5) is 0 Å². The molecule has 8 heavy (non-hydrogen) atoms. The van der Waals surface area contributed by atoms with Gasteiger partial charge in [0, 0.05) is 0 Å². The van der Waals surface area contributed by atoms with Crippen LogP contribution in [0.3, 0.4) is 0 Å². The van der Waals surface area contributed by atoms with E-state index < -0.39 is 0 Å². The summed E-state index contributed by atoms with van der Waals surface area (Å²) in [4.78, 5) is 0. The molecule has 46 valence electrons. The van der Waals surface area contributed by atoms with Crippen LogP contribution in [-0.4, -0.2) is 46.1 Å². The molecule has 4 heteroatoms. The number of thioether (sulfide) groups is 2. The van der Waals surface area contributed by atoms with Crippen molar-refractivity contribution in [2.24, 2.45) is 0 Å². The molecule has 0 N–H and O–H groups in total. The van der Waals surface area contributed by atoms with Gasteiger partial charge in [-0.2, -0.15) is 0 Å². The van der Waals surface area contributed by atoms with E-state index in [0.29, 0.717) is 0 Å². The molecule has 0 nitrogen and oxygen atoms in total. The summed E-state index contributed by atoms with van der Waals surface area (Å²) in [7, 11) is 0. The average molecular weight is 276 g/mol. The molecular formula is C4H6S2Se2. The van der Waals surface area contributed by atoms with Crippen molar-refractivity contribution in [3.05, 3.63) is 0 Å². The molecule has 0 amide bonds. The van der Waals surface area contributed by atoms with Crippen molar-refractivity contribution in [2.75, 3.05) is 11.5 Å². The summed E-state index contributed by atoms with van der Waals surface area (Å²) >= 11 is 6.49. The fourth-order valence-electron chi connectivity index (χ4n) is 0.314. The van der Waals surface area contributed by atoms with Crippen molar-refractivity contribution in [1.29, 1.82) is 0 Å². The summed E-state index contributed by atoms with van der Waals surface area (Å²) in [6.07, 6.45) is 0. The summed E-state index contributed by atoms with van der Waals surface area (Å²) in [6.45, 7) is 0. The normalized spacial score (nSPS) is 42.0. The van der Waals surface area contributed by atoms with E-state index in [1.807, 2.05) is 0 Å². The van der Waals surface area contributed by atoms with Gasteiger partial charge >= 0.3 is 69.6 Å². The van der Waals surface area contributed by atoms with Crippen molar-refractivity contribution in [1.82, 2.24) is 0 Å². The van der Waals surface area contributed by atoms with Crippen molar-refractivity contribution in [3.8, 4) is 0 Å². The second kappa shape index (κ2) is 2.77. The van der Waals surface area contributed by atoms with Gasteiger partial charge in [0.05, 0.1) is 0 Å². The molecule has 0 saturated carbocycles. The summed E-state index contributed by atoms with van der Waals surface area (Å²) in [6, 6.07) is 0. The third-order valence-corrected chi connectivity index (χ3v) is 16.8. The fourth-order valence-corrected chi connectivity index (χ4v) is 16.0. The molecule has 0 aromatic carbocycles. The molecule has 2 unspecified atom stereocenters. The van der Waals surface area contributed by atoms with Crippen LogP contribution in [0.5, 0.6) is 0 Å². The molecule has 2 heterocycles. The maximum absolute atomic E-state index is 2.17. The SMILES string of the molecule is C1SC1[Se][Se]C1CS1. The van der Waals surface area contributed by atoms with E-state index in [9.17, 15) is 0 Å². The monoisotopic (exact) mass is 278 g/mol. The van der Waals surface area contributed by atoms with E-state index in [4.69, 9.17) is 0 Å². The first kappa shape index (κ1) is 6.45. The molecular weight excluding hydrogens is 270 g/mol. The molecule has 0 bridgehead atoms. The third kappa shape index (κ3) is 2.17. The Morgan fingerprint density at radius 1 is 1.00 bits per heavy atom. The van der Waals surface area contributed by atoms with E-state index in [1.54, 1.807) is 0 Å². The van der Waals surface area contributed by atoms with Gasteiger partial charge in [0.1, 0.15) is 0 Å². The van der Waals surface area contributed by atoms with Gasteiger partial charge in [0.2, 0.25) is 0 Å². The Hall–Kier alpha value is 1.74. The van der Waals surface area contributed by atoms with Crippen LogP contribution in [0, 0.1) is 0 Å². The Labute approximate surface area is 69.2 Å². The molecule has 0 aliphatic carbocycles. The van der Waals surface area contributed by atoms with Gasteiger partial charge in [-0.25, -0.2) is 0 Å². The van der Waals surface area contributed by atoms with Crippen molar-refractivity contribution in [3.63, 3.8) is 0 Å². The minimum atomic E-state index is 1.08. The second-order valence-corrected chi connectivity index (χ2v) is 12.9. The van der Waals surface area contributed by atoms with E-state index in [1.165, 1.54) is 19.8 Å². The molecule has 0 radical (unpaired) electrons. The Morgan fingerprint density at radius 2 is 1.38 bits per heavy atom. The summed E-state index contributed by atoms with van der Waals surface area (Å²) in [5.41, 5.74) is 0. The van der Waals surface area contributed by atoms with E-state index in [-0.39, 0.29) is 0 Å². The van der Waals surface area contributed by atoms with Crippen LogP contribution in [0.2, 0.25) is 0 Å². The molecule has 2 aliphatic heterocycles. The first-order valence-electron chi connectivity index (χ1n) is 2.50. The van der Waals surface area contributed by atoms with Crippen LogP contribution in [0.1, 0.15) is 0 Å². The van der Waals surface area contributed by atoms with Crippen LogP contribution in [0.25, 0.3) is 0 Å². The van der Waals surface area contributed by atoms with Gasteiger partial charge < -0.3 is 0 Å². The van der Waals surface area contributed by atoms with E-state index in [0.717, 1.165) is 26.3 Å². The van der Waals surface area contributed by atoms with Crippen LogP contribution in [-0.2, 0) is 0 Å². The van der Waals surface area contributed by atoms with Gasteiger partial charge in [-0.3, -0.25) is 0 Å². The van der Waals surface area contributed by atoms with Crippen LogP contribution < -0.4 is 0 Å². The first-order valence-corrected chi connectivity index (χ1v) is 10.9. The molecule has 0 aromatic heterocycles. The van der Waals surface area contributed by atoms with Crippen LogP contribution >= 0.6 is 23.5 Å². The third-order valence-electron chi connectivity index (χ3n) is 0.876. The molecule has 0 aromatic rings. The molecule has 2 saturated heterocycles. The molecule has 0 spiro atoms. The quantitative estimate of drug-likeness (QED) is 0.542. The second-order valence-electron chi connectivity index (χ2n) is 1.72. The van der Waals surface area contributed by atoms with Gasteiger partial charge in [-0.1, -0.05) is 0 Å². The predicted octanol–water partition coefficient (Wildman–Crippen LogP) is 0.456. The zero-order valence-electron chi connectivity index (χ0n) is 4.20. The fraction of sp³-hybridized carbons (Fsp3) is 1.00. The Kier molecular flexibility index (Phi) is 2.24. The average Bonchev–Trinajstić information content (AvgIpc) is 2.60. The zero-order valence-corrected chi connectivity index (χ0v) is 9.26. The van der Waals surface area contributed by atoms with Crippen LogP contribution in [0.15, 0.2) is 0 Å². The predicted molar refractivity (Wildman–Crippen MR) is 44.0 cm³/mol. The van der Waals surface area contributed by atoms with Crippen molar-refractivity contribution < 1.29 is 0 Å². The maximum atomic E-state index is 2.17. The summed E-state index contributed by atoms with van der Waals surface area (Å²) in [5, 5.41) is 0. The Morgan fingerprint density at radius 3 is 1.62 bits per heavy atom. The number of rotatable bonds is 3. The standard InChI is InChI=1S/C4H6S2Se2/c1-3(5-1)7-8-4-2-6-4/h3-4H,1-2H2. The Balaban J connectivity index is 1.56. The minimum absolute atomic E-state index is 1.08. The Bertz CT molecular complexity index is 78.0.